The van der Waals surface area contributed by atoms with Crippen LogP contribution >= 0.6 is 0 Å². The molecular formula is C25H31NO5. The van der Waals surface area contributed by atoms with Crippen molar-refractivity contribution in [3.8, 4) is 11.5 Å². The van der Waals surface area contributed by atoms with E-state index >= 15 is 0 Å². The van der Waals surface area contributed by atoms with Crippen LogP contribution in [0.25, 0.3) is 0 Å². The summed E-state index contributed by atoms with van der Waals surface area (Å²) in [5, 5.41) is 0. The van der Waals surface area contributed by atoms with Gasteiger partial charge < -0.3 is 19.1 Å². The van der Waals surface area contributed by atoms with E-state index in [1.807, 2.05) is 38.4 Å². The van der Waals surface area contributed by atoms with Crippen LogP contribution in [-0.4, -0.2) is 44.6 Å². The van der Waals surface area contributed by atoms with Gasteiger partial charge in [0, 0.05) is 19.4 Å². The normalized spacial score (nSPS) is 20.9. The van der Waals surface area contributed by atoms with Gasteiger partial charge in [0.1, 0.15) is 22.7 Å². The summed E-state index contributed by atoms with van der Waals surface area (Å²) in [6.07, 6.45) is 3.72. The Kier molecular flexibility index (Phi) is 7.33. The monoisotopic (exact) mass is 425 g/mol. The van der Waals surface area contributed by atoms with Crippen LogP contribution in [0.15, 0.2) is 48.5 Å². The van der Waals surface area contributed by atoms with E-state index in [0.717, 1.165) is 43.5 Å². The van der Waals surface area contributed by atoms with Crippen LogP contribution in [0.4, 0.5) is 0 Å². The summed E-state index contributed by atoms with van der Waals surface area (Å²) in [6.45, 7) is 2.10. The topological polar surface area (TPSA) is 65.1 Å². The van der Waals surface area contributed by atoms with Gasteiger partial charge in [0.15, 0.2) is 0 Å². The Labute approximate surface area is 184 Å². The quantitative estimate of drug-likeness (QED) is 0.483. The standard InChI is InChI=1S/C25H31NO5/c1-18(27)30-23-14-6-5-13-22(23)24(28)31-25(19-11-9-12-21(16-19)29-4)15-8-7-10-20(25)17-26(2)3/h5-6,9,11-14,16,20H,7-8,10,15,17H2,1-4H3/t20-,25+/m1/s1. The Morgan fingerprint density at radius 1 is 1.10 bits per heavy atom. The lowest BCUT2D eigenvalue weighted by molar-refractivity contribution is -0.131. The first-order chi connectivity index (χ1) is 14.9. The number of esters is 2. The molecule has 1 fully saturated rings. The molecule has 0 aliphatic heterocycles. The van der Waals surface area contributed by atoms with Gasteiger partial charge in [-0.2, -0.15) is 0 Å². The van der Waals surface area contributed by atoms with Gasteiger partial charge in [0.25, 0.3) is 0 Å². The van der Waals surface area contributed by atoms with Gasteiger partial charge in [-0.05, 0) is 63.2 Å². The number of ether oxygens (including phenoxy) is 3. The molecule has 0 aromatic heterocycles. The molecule has 0 radical (unpaired) electrons. The summed E-state index contributed by atoms with van der Waals surface area (Å²) in [6, 6.07) is 14.5. The Morgan fingerprint density at radius 2 is 1.87 bits per heavy atom. The number of carbonyl (C=O) groups is 2. The molecule has 0 spiro atoms. The third kappa shape index (κ3) is 5.25. The molecule has 1 aliphatic carbocycles. The number of methoxy groups -OCH3 is 1. The molecular weight excluding hydrogens is 394 g/mol. The fourth-order valence-electron chi connectivity index (χ4n) is 4.45. The predicted molar refractivity (Wildman–Crippen MR) is 118 cm³/mol. The Morgan fingerprint density at radius 3 is 2.58 bits per heavy atom. The van der Waals surface area contributed by atoms with Crippen molar-refractivity contribution in [3.63, 3.8) is 0 Å². The lowest BCUT2D eigenvalue weighted by Gasteiger charge is -2.45. The number of benzene rings is 2. The van der Waals surface area contributed by atoms with Gasteiger partial charge in [-0.1, -0.05) is 30.7 Å². The summed E-state index contributed by atoms with van der Waals surface area (Å²) in [4.78, 5) is 27.1. The van der Waals surface area contributed by atoms with E-state index in [2.05, 4.69) is 4.90 Å². The zero-order valence-electron chi connectivity index (χ0n) is 18.7. The minimum absolute atomic E-state index is 0.119. The molecule has 0 heterocycles. The molecule has 2 atom stereocenters. The molecule has 31 heavy (non-hydrogen) atoms. The lowest BCUT2D eigenvalue weighted by atomic mass is 9.71. The second-order valence-electron chi connectivity index (χ2n) is 8.31. The summed E-state index contributed by atoms with van der Waals surface area (Å²) in [5.74, 6) is 0.0765. The lowest BCUT2D eigenvalue weighted by Crippen LogP contribution is -2.46. The van der Waals surface area contributed by atoms with E-state index in [1.165, 1.54) is 6.92 Å². The molecule has 2 aromatic rings. The fourth-order valence-corrected chi connectivity index (χ4v) is 4.45. The number of carbonyl (C=O) groups excluding carboxylic acids is 2. The molecule has 1 saturated carbocycles. The number of rotatable bonds is 7. The second kappa shape index (κ2) is 9.96. The van der Waals surface area contributed by atoms with Crippen LogP contribution in [0, 0.1) is 5.92 Å². The van der Waals surface area contributed by atoms with Crippen LogP contribution < -0.4 is 9.47 Å². The zero-order valence-corrected chi connectivity index (χ0v) is 18.7. The van der Waals surface area contributed by atoms with Gasteiger partial charge in [-0.15, -0.1) is 0 Å². The first kappa shape index (κ1) is 22.8. The van der Waals surface area contributed by atoms with Crippen LogP contribution in [0.2, 0.25) is 0 Å². The van der Waals surface area contributed by atoms with Crippen molar-refractivity contribution >= 4 is 11.9 Å². The van der Waals surface area contributed by atoms with Gasteiger partial charge >= 0.3 is 11.9 Å². The Bertz CT molecular complexity index is 926. The highest BCUT2D eigenvalue weighted by Gasteiger charge is 2.46. The maximum atomic E-state index is 13.4. The van der Waals surface area contributed by atoms with Crippen LogP contribution in [0.3, 0.4) is 0 Å². The molecule has 0 amide bonds. The van der Waals surface area contributed by atoms with E-state index in [4.69, 9.17) is 14.2 Å². The third-order valence-electron chi connectivity index (χ3n) is 5.79. The zero-order chi connectivity index (χ0) is 22.4. The van der Waals surface area contributed by atoms with Crippen molar-refractivity contribution in [2.45, 2.75) is 38.2 Å². The number of hydrogen-bond acceptors (Lipinski definition) is 6. The van der Waals surface area contributed by atoms with Gasteiger partial charge in [0.05, 0.1) is 7.11 Å². The Balaban J connectivity index is 2.05. The highest BCUT2D eigenvalue weighted by Crippen LogP contribution is 2.46. The fraction of sp³-hybridized carbons (Fsp3) is 0.440. The summed E-state index contributed by atoms with van der Waals surface area (Å²) >= 11 is 0. The number of para-hydroxylation sites is 1. The molecule has 0 N–H and O–H groups in total. The van der Waals surface area contributed by atoms with E-state index in [-0.39, 0.29) is 17.2 Å². The molecule has 2 aromatic carbocycles. The number of hydrogen-bond donors (Lipinski definition) is 0. The minimum Gasteiger partial charge on any atom is -0.497 e. The largest absolute Gasteiger partial charge is 0.497 e. The number of nitrogens with zero attached hydrogens (tertiary/aromatic N) is 1. The Hall–Kier alpha value is -2.86. The van der Waals surface area contributed by atoms with E-state index < -0.39 is 17.5 Å². The van der Waals surface area contributed by atoms with Gasteiger partial charge in [0.2, 0.25) is 0 Å². The van der Waals surface area contributed by atoms with Gasteiger partial charge in [-0.25, -0.2) is 4.79 Å². The van der Waals surface area contributed by atoms with Crippen molar-refractivity contribution in [1.82, 2.24) is 4.90 Å². The molecule has 6 heteroatoms. The third-order valence-corrected chi connectivity index (χ3v) is 5.79. The molecule has 0 unspecified atom stereocenters. The second-order valence-corrected chi connectivity index (χ2v) is 8.31. The molecule has 0 bridgehead atoms. The predicted octanol–water partition coefficient (Wildman–Crippen LogP) is 4.42. The van der Waals surface area contributed by atoms with E-state index in [1.54, 1.807) is 31.4 Å². The average molecular weight is 426 g/mol. The maximum absolute atomic E-state index is 13.4. The van der Waals surface area contributed by atoms with Crippen molar-refractivity contribution < 1.29 is 23.8 Å². The highest BCUT2D eigenvalue weighted by molar-refractivity contribution is 5.93. The average Bonchev–Trinajstić information content (AvgIpc) is 2.74. The molecule has 3 rings (SSSR count). The van der Waals surface area contributed by atoms with Crippen LogP contribution in [0.1, 0.15) is 48.5 Å². The van der Waals surface area contributed by atoms with Crippen molar-refractivity contribution in [1.29, 1.82) is 0 Å². The first-order valence-corrected chi connectivity index (χ1v) is 10.7. The highest BCUT2D eigenvalue weighted by atomic mass is 16.6. The van der Waals surface area contributed by atoms with Gasteiger partial charge in [-0.3, -0.25) is 4.79 Å². The first-order valence-electron chi connectivity index (χ1n) is 10.7. The molecule has 6 nitrogen and oxygen atoms in total. The minimum atomic E-state index is -0.794. The van der Waals surface area contributed by atoms with Crippen LogP contribution in [0.5, 0.6) is 11.5 Å². The van der Waals surface area contributed by atoms with E-state index in [0.29, 0.717) is 0 Å². The van der Waals surface area contributed by atoms with E-state index in [9.17, 15) is 9.59 Å². The summed E-state index contributed by atoms with van der Waals surface area (Å²) in [7, 11) is 5.69. The van der Waals surface area contributed by atoms with Crippen LogP contribution in [-0.2, 0) is 15.1 Å². The molecule has 1 aliphatic rings. The summed E-state index contributed by atoms with van der Waals surface area (Å²) < 4.78 is 17.1. The van der Waals surface area contributed by atoms with Crippen molar-refractivity contribution in [2.75, 3.05) is 27.7 Å². The van der Waals surface area contributed by atoms with Crippen molar-refractivity contribution in [2.24, 2.45) is 5.92 Å². The smallest absolute Gasteiger partial charge is 0.342 e. The molecule has 166 valence electrons. The van der Waals surface area contributed by atoms with Crippen molar-refractivity contribution in [3.05, 3.63) is 59.7 Å². The molecule has 0 saturated heterocycles. The maximum Gasteiger partial charge on any atom is 0.342 e. The summed E-state index contributed by atoms with van der Waals surface area (Å²) in [5.41, 5.74) is 0.378. The SMILES string of the molecule is COc1cccc([C@@]2(OC(=O)c3ccccc3OC(C)=O)CCCC[C@@H]2CN(C)C)c1.